The van der Waals surface area contributed by atoms with Gasteiger partial charge < -0.3 is 19.0 Å². The molecule has 7 heteroatoms. The number of esters is 1. The zero-order chi connectivity index (χ0) is 28.0. The van der Waals surface area contributed by atoms with Gasteiger partial charge in [0.15, 0.2) is 0 Å². The zero-order valence-electron chi connectivity index (χ0n) is 22.2. The summed E-state index contributed by atoms with van der Waals surface area (Å²) in [5.41, 5.74) is 4.24. The number of oxime groups is 1. The Bertz CT molecular complexity index is 1410. The highest BCUT2D eigenvalue weighted by Gasteiger charge is 2.17. The minimum absolute atomic E-state index is 0.0118. The van der Waals surface area contributed by atoms with Gasteiger partial charge >= 0.3 is 5.97 Å². The lowest BCUT2D eigenvalue weighted by atomic mass is 9.97. The average Bonchev–Trinajstić information content (AvgIpc) is 3.01. The molecule has 0 N–H and O–H groups in total. The Labute approximate surface area is 234 Å². The van der Waals surface area contributed by atoms with E-state index in [2.05, 4.69) is 11.2 Å². The van der Waals surface area contributed by atoms with Crippen molar-refractivity contribution in [3.05, 3.63) is 131 Å². The van der Waals surface area contributed by atoms with E-state index in [0.717, 1.165) is 22.3 Å². The fourth-order valence-electron chi connectivity index (χ4n) is 3.90. The van der Waals surface area contributed by atoms with Crippen LogP contribution in [0.1, 0.15) is 34.6 Å². The zero-order valence-corrected chi connectivity index (χ0v) is 22.2. The summed E-state index contributed by atoms with van der Waals surface area (Å²) in [5.74, 6) is 0.361. The molecule has 4 aromatic rings. The van der Waals surface area contributed by atoms with Crippen molar-refractivity contribution >= 4 is 11.7 Å². The molecule has 0 aliphatic carbocycles. The predicted octanol–water partition coefficient (Wildman–Crippen LogP) is 6.44. The molecule has 1 atom stereocenters. The maximum atomic E-state index is 12.3. The maximum Gasteiger partial charge on any atom is 0.307 e. The molecule has 0 aliphatic heterocycles. The van der Waals surface area contributed by atoms with Crippen LogP contribution in [0.4, 0.5) is 0 Å². The first-order chi connectivity index (χ1) is 19.6. The summed E-state index contributed by atoms with van der Waals surface area (Å²) in [7, 11) is 1.51. The summed E-state index contributed by atoms with van der Waals surface area (Å²) in [5, 5.41) is 13.7. The van der Waals surface area contributed by atoms with Gasteiger partial charge in [-0.2, -0.15) is 5.26 Å². The monoisotopic (exact) mass is 534 g/mol. The SMILES string of the molecule is CO/N=C(\COc1ccc(COc2ccc(C(C#N)CC(=O)OCc3ccccc3)cc2)cc1)c1ccccc1. The number of nitrogens with zero attached hydrogens (tertiary/aromatic N) is 2. The van der Waals surface area contributed by atoms with Crippen LogP contribution >= 0.6 is 0 Å². The first kappa shape index (κ1) is 27.9. The number of nitriles is 1. The van der Waals surface area contributed by atoms with Gasteiger partial charge in [0.05, 0.1) is 18.4 Å². The van der Waals surface area contributed by atoms with E-state index in [1.54, 1.807) is 24.3 Å². The molecule has 0 spiro atoms. The minimum Gasteiger partial charge on any atom is -0.489 e. The number of carbonyl (C=O) groups is 1. The molecule has 0 amide bonds. The number of carbonyl (C=O) groups excluding carboxylic acids is 1. The number of hydrogen-bond acceptors (Lipinski definition) is 7. The highest BCUT2D eigenvalue weighted by molar-refractivity contribution is 6.01. The van der Waals surface area contributed by atoms with Crippen LogP contribution in [0.5, 0.6) is 11.5 Å². The molecule has 40 heavy (non-hydrogen) atoms. The second-order valence-corrected chi connectivity index (χ2v) is 8.91. The Morgan fingerprint density at radius 2 is 1.38 bits per heavy atom. The molecule has 0 bridgehead atoms. The van der Waals surface area contributed by atoms with Crippen molar-refractivity contribution in [3.8, 4) is 17.6 Å². The van der Waals surface area contributed by atoms with Gasteiger partial charge in [0.25, 0.3) is 0 Å². The van der Waals surface area contributed by atoms with Crippen LogP contribution in [0.25, 0.3) is 0 Å². The van der Waals surface area contributed by atoms with Gasteiger partial charge in [-0.25, -0.2) is 0 Å². The van der Waals surface area contributed by atoms with E-state index in [-0.39, 0.29) is 19.6 Å². The molecule has 7 nitrogen and oxygen atoms in total. The summed E-state index contributed by atoms with van der Waals surface area (Å²) >= 11 is 0. The quantitative estimate of drug-likeness (QED) is 0.111. The van der Waals surface area contributed by atoms with Crippen molar-refractivity contribution in [1.29, 1.82) is 5.26 Å². The molecule has 0 fully saturated rings. The molecule has 0 heterocycles. The van der Waals surface area contributed by atoms with Crippen LogP contribution in [0.3, 0.4) is 0 Å². The third-order valence-electron chi connectivity index (χ3n) is 6.06. The molecule has 0 saturated heterocycles. The molecule has 0 aromatic heterocycles. The molecular formula is C33H30N2O5. The normalized spacial score (nSPS) is 11.7. The maximum absolute atomic E-state index is 12.3. The topological polar surface area (TPSA) is 90.1 Å². The third-order valence-corrected chi connectivity index (χ3v) is 6.06. The van der Waals surface area contributed by atoms with Crippen LogP contribution in [0.2, 0.25) is 0 Å². The van der Waals surface area contributed by atoms with Crippen LogP contribution in [-0.4, -0.2) is 25.4 Å². The van der Waals surface area contributed by atoms with Gasteiger partial charge in [-0.15, -0.1) is 0 Å². The van der Waals surface area contributed by atoms with Crippen LogP contribution in [0, 0.1) is 11.3 Å². The first-order valence-electron chi connectivity index (χ1n) is 12.8. The lowest BCUT2D eigenvalue weighted by Gasteiger charge is -2.12. The van der Waals surface area contributed by atoms with Crippen molar-refractivity contribution in [2.45, 2.75) is 25.6 Å². The van der Waals surface area contributed by atoms with Crippen LogP contribution in [-0.2, 0) is 27.6 Å². The molecular weight excluding hydrogens is 504 g/mol. The second-order valence-electron chi connectivity index (χ2n) is 8.91. The minimum atomic E-state index is -0.596. The Morgan fingerprint density at radius 3 is 2.02 bits per heavy atom. The average molecular weight is 535 g/mol. The summed E-state index contributed by atoms with van der Waals surface area (Å²) in [6.07, 6.45) is -0.0118. The molecule has 1 unspecified atom stereocenters. The van der Waals surface area contributed by atoms with Gasteiger partial charge in [0.1, 0.15) is 44.1 Å². The van der Waals surface area contributed by atoms with E-state index in [1.807, 2.05) is 84.9 Å². The van der Waals surface area contributed by atoms with E-state index in [1.165, 1.54) is 7.11 Å². The highest BCUT2D eigenvalue weighted by atomic mass is 16.6. The summed E-state index contributed by atoms with van der Waals surface area (Å²) in [6, 6.07) is 36.2. The van der Waals surface area contributed by atoms with Crippen LogP contribution in [0.15, 0.2) is 114 Å². The van der Waals surface area contributed by atoms with Crippen LogP contribution < -0.4 is 9.47 Å². The fraction of sp³-hybridized carbons (Fsp3) is 0.182. The summed E-state index contributed by atoms with van der Waals surface area (Å²) in [4.78, 5) is 17.2. The molecule has 0 aliphatic rings. The van der Waals surface area contributed by atoms with Gasteiger partial charge in [-0.1, -0.05) is 90.1 Å². The van der Waals surface area contributed by atoms with Gasteiger partial charge in [-0.05, 0) is 41.0 Å². The third kappa shape index (κ3) is 8.47. The number of benzene rings is 4. The number of ether oxygens (including phenoxy) is 3. The molecule has 0 radical (unpaired) electrons. The largest absolute Gasteiger partial charge is 0.489 e. The lowest BCUT2D eigenvalue weighted by Crippen LogP contribution is -2.13. The van der Waals surface area contributed by atoms with Crippen molar-refractivity contribution in [2.24, 2.45) is 5.16 Å². The summed E-state index contributed by atoms with van der Waals surface area (Å²) in [6.45, 7) is 0.830. The second kappa shape index (κ2) is 14.7. The van der Waals surface area contributed by atoms with Gasteiger partial charge in [0.2, 0.25) is 0 Å². The van der Waals surface area contributed by atoms with Crippen molar-refractivity contribution < 1.29 is 23.8 Å². The molecule has 202 valence electrons. The predicted molar refractivity (Wildman–Crippen MR) is 152 cm³/mol. The van der Waals surface area contributed by atoms with Crippen molar-refractivity contribution in [3.63, 3.8) is 0 Å². The Kier molecular flexibility index (Phi) is 10.3. The Morgan fingerprint density at radius 1 is 0.775 bits per heavy atom. The van der Waals surface area contributed by atoms with Gasteiger partial charge in [0, 0.05) is 5.56 Å². The Balaban J connectivity index is 1.24. The van der Waals surface area contributed by atoms with E-state index in [0.29, 0.717) is 23.8 Å². The first-order valence-corrected chi connectivity index (χ1v) is 12.8. The Hall–Kier alpha value is -5.09. The van der Waals surface area contributed by atoms with E-state index in [4.69, 9.17) is 19.0 Å². The van der Waals surface area contributed by atoms with Crippen molar-refractivity contribution in [2.75, 3.05) is 13.7 Å². The number of hydrogen-bond donors (Lipinski definition) is 0. The van der Waals surface area contributed by atoms with E-state index < -0.39 is 11.9 Å². The molecule has 4 rings (SSSR count). The van der Waals surface area contributed by atoms with Gasteiger partial charge in [-0.3, -0.25) is 4.79 Å². The smallest absolute Gasteiger partial charge is 0.307 e. The van der Waals surface area contributed by atoms with E-state index in [9.17, 15) is 10.1 Å². The number of rotatable bonds is 13. The fourth-order valence-corrected chi connectivity index (χ4v) is 3.90. The molecule has 4 aromatic carbocycles. The molecule has 0 saturated carbocycles. The summed E-state index contributed by atoms with van der Waals surface area (Å²) < 4.78 is 17.1. The van der Waals surface area contributed by atoms with Crippen molar-refractivity contribution in [1.82, 2.24) is 0 Å². The highest BCUT2D eigenvalue weighted by Crippen LogP contribution is 2.23. The van der Waals surface area contributed by atoms with E-state index >= 15 is 0 Å². The standard InChI is InChI=1S/C33H30N2O5/c1-37-35-32(28-10-6-3-7-11-28)24-39-30-16-12-26(13-17-30)22-38-31-18-14-27(15-19-31)29(21-34)20-33(36)40-23-25-8-4-2-5-9-25/h2-19,29H,20,22-24H2,1H3/b35-32+. The lowest BCUT2D eigenvalue weighted by molar-refractivity contribution is -0.145.